The zero-order valence-corrected chi connectivity index (χ0v) is 13.6. The van der Waals surface area contributed by atoms with Crippen LogP contribution in [0.5, 0.6) is 0 Å². The standard InChI is InChI=1S/C11H19N3O7S2/c12-5(1-2-7(15)16)8(17)11(14,10(20)21)4-23-22-3-6(13)9(18)19/h5-6H,1-4,12-14H2,(H,15,16)(H,18,19)(H,20,21). The summed E-state index contributed by atoms with van der Waals surface area (Å²) in [6, 6.07) is -2.45. The van der Waals surface area contributed by atoms with Crippen molar-refractivity contribution in [3.8, 4) is 0 Å². The van der Waals surface area contributed by atoms with E-state index in [4.69, 9.17) is 32.5 Å². The lowest BCUT2D eigenvalue weighted by Crippen LogP contribution is -2.62. The van der Waals surface area contributed by atoms with Gasteiger partial charge in [0, 0.05) is 17.9 Å². The second-order valence-corrected chi connectivity index (χ2v) is 7.18. The van der Waals surface area contributed by atoms with Crippen molar-refractivity contribution >= 4 is 45.3 Å². The van der Waals surface area contributed by atoms with Crippen LogP contribution in [0.2, 0.25) is 0 Å². The van der Waals surface area contributed by atoms with Crippen molar-refractivity contribution in [3.05, 3.63) is 0 Å². The van der Waals surface area contributed by atoms with E-state index in [1.165, 1.54) is 0 Å². The Morgan fingerprint density at radius 1 is 1.00 bits per heavy atom. The van der Waals surface area contributed by atoms with E-state index in [1.807, 2.05) is 0 Å². The van der Waals surface area contributed by atoms with E-state index in [0.29, 0.717) is 0 Å². The number of Topliss-reactive ketones (excluding diaryl/α,β-unsaturated/α-hetero) is 1. The maximum atomic E-state index is 12.1. The van der Waals surface area contributed by atoms with Gasteiger partial charge in [-0.3, -0.25) is 14.4 Å². The Kier molecular flexibility index (Phi) is 9.16. The van der Waals surface area contributed by atoms with E-state index >= 15 is 0 Å². The monoisotopic (exact) mass is 369 g/mol. The van der Waals surface area contributed by atoms with Gasteiger partial charge in [-0.25, -0.2) is 4.79 Å². The molecule has 10 nitrogen and oxygen atoms in total. The Morgan fingerprint density at radius 3 is 2.00 bits per heavy atom. The molecule has 0 aliphatic carbocycles. The summed E-state index contributed by atoms with van der Waals surface area (Å²) >= 11 is 0. The summed E-state index contributed by atoms with van der Waals surface area (Å²) < 4.78 is 0. The predicted octanol–water partition coefficient (Wildman–Crippen LogP) is -1.68. The highest BCUT2D eigenvalue weighted by atomic mass is 33.1. The summed E-state index contributed by atoms with van der Waals surface area (Å²) in [7, 11) is 1.84. The first-order valence-electron chi connectivity index (χ1n) is 6.29. The van der Waals surface area contributed by atoms with Crippen LogP contribution < -0.4 is 17.2 Å². The SMILES string of the molecule is NC(CSSCC(N)(C(=O)O)C(=O)C(N)CCC(=O)O)C(=O)O. The molecule has 0 spiro atoms. The number of hydrogen-bond acceptors (Lipinski definition) is 9. The third kappa shape index (κ3) is 7.18. The molecule has 0 aromatic rings. The molecule has 0 radical (unpaired) electrons. The number of carboxylic acids is 3. The molecule has 0 aliphatic heterocycles. The molecule has 0 rings (SSSR count). The molecule has 9 N–H and O–H groups in total. The number of carbonyl (C=O) groups excluding carboxylic acids is 1. The van der Waals surface area contributed by atoms with Gasteiger partial charge in [-0.1, -0.05) is 21.6 Å². The zero-order valence-electron chi connectivity index (χ0n) is 12.0. The van der Waals surface area contributed by atoms with Crippen LogP contribution in [0, 0.1) is 0 Å². The van der Waals surface area contributed by atoms with Crippen LogP contribution in [0.4, 0.5) is 0 Å². The quantitative estimate of drug-likeness (QED) is 0.129. The van der Waals surface area contributed by atoms with Gasteiger partial charge in [-0.2, -0.15) is 0 Å². The Bertz CT molecular complexity index is 477. The Balaban J connectivity index is 4.66. The van der Waals surface area contributed by atoms with Crippen LogP contribution in [0.15, 0.2) is 0 Å². The Labute approximate surface area is 139 Å². The van der Waals surface area contributed by atoms with Gasteiger partial charge in [0.25, 0.3) is 0 Å². The molecular weight excluding hydrogens is 350 g/mol. The number of rotatable bonds is 12. The molecule has 0 bridgehead atoms. The molecule has 0 saturated carbocycles. The number of ketones is 1. The summed E-state index contributed by atoms with van der Waals surface area (Å²) in [6.45, 7) is 0. The maximum Gasteiger partial charge on any atom is 0.332 e. The van der Waals surface area contributed by atoms with Crippen LogP contribution in [-0.4, -0.2) is 68.1 Å². The summed E-state index contributed by atoms with van der Waals surface area (Å²) in [5, 5.41) is 26.3. The summed E-state index contributed by atoms with van der Waals surface area (Å²) in [5.74, 6) is -5.32. The van der Waals surface area contributed by atoms with Gasteiger partial charge in [0.15, 0.2) is 11.3 Å². The fraction of sp³-hybridized carbons (Fsp3) is 0.636. The fourth-order valence-corrected chi connectivity index (χ4v) is 3.76. The third-order valence-corrected chi connectivity index (χ3v) is 5.26. The number of aliphatic carboxylic acids is 3. The van der Waals surface area contributed by atoms with Crippen LogP contribution in [-0.2, 0) is 19.2 Å². The van der Waals surface area contributed by atoms with E-state index in [9.17, 15) is 19.2 Å². The van der Waals surface area contributed by atoms with Crippen molar-refractivity contribution in [1.82, 2.24) is 0 Å². The Hall–Kier alpha value is -1.34. The highest BCUT2D eigenvalue weighted by Crippen LogP contribution is 2.26. The van der Waals surface area contributed by atoms with Crippen molar-refractivity contribution in [2.45, 2.75) is 30.5 Å². The van der Waals surface area contributed by atoms with Crippen molar-refractivity contribution in [1.29, 1.82) is 0 Å². The summed E-state index contributed by atoms with van der Waals surface area (Å²) in [6.07, 6.45) is -0.625. The minimum atomic E-state index is -2.29. The van der Waals surface area contributed by atoms with E-state index in [0.717, 1.165) is 21.6 Å². The van der Waals surface area contributed by atoms with Gasteiger partial charge in [0.05, 0.1) is 6.04 Å². The van der Waals surface area contributed by atoms with E-state index in [-0.39, 0.29) is 17.9 Å². The van der Waals surface area contributed by atoms with Crippen LogP contribution >= 0.6 is 21.6 Å². The maximum absolute atomic E-state index is 12.1. The zero-order chi connectivity index (χ0) is 18.2. The molecule has 0 heterocycles. The van der Waals surface area contributed by atoms with Crippen molar-refractivity contribution in [2.24, 2.45) is 17.2 Å². The molecule has 0 aromatic carbocycles. The number of nitrogens with two attached hydrogens (primary N) is 3. The topological polar surface area (TPSA) is 207 Å². The molecule has 0 fully saturated rings. The highest BCUT2D eigenvalue weighted by molar-refractivity contribution is 8.76. The van der Waals surface area contributed by atoms with Gasteiger partial charge < -0.3 is 32.5 Å². The summed E-state index contributed by atoms with van der Waals surface area (Å²) in [4.78, 5) is 44.4. The second kappa shape index (κ2) is 9.72. The van der Waals surface area contributed by atoms with E-state index in [1.54, 1.807) is 0 Å². The van der Waals surface area contributed by atoms with Gasteiger partial charge >= 0.3 is 17.9 Å². The van der Waals surface area contributed by atoms with Crippen LogP contribution in [0.1, 0.15) is 12.8 Å². The Morgan fingerprint density at radius 2 is 1.57 bits per heavy atom. The predicted molar refractivity (Wildman–Crippen MR) is 84.9 cm³/mol. The molecule has 3 unspecified atom stereocenters. The minimum absolute atomic E-state index is 0.00500. The lowest BCUT2D eigenvalue weighted by Gasteiger charge is -2.25. The molecule has 23 heavy (non-hydrogen) atoms. The van der Waals surface area contributed by atoms with Crippen molar-refractivity contribution in [3.63, 3.8) is 0 Å². The molecule has 0 aliphatic rings. The average molecular weight is 369 g/mol. The van der Waals surface area contributed by atoms with E-state index in [2.05, 4.69) is 0 Å². The number of hydrogen-bond donors (Lipinski definition) is 6. The highest BCUT2D eigenvalue weighted by Gasteiger charge is 2.44. The lowest BCUT2D eigenvalue weighted by atomic mass is 9.90. The normalized spacial score (nSPS) is 16.1. The number of carboxylic acid groups (broad SMARTS) is 3. The third-order valence-electron chi connectivity index (χ3n) is 2.76. The lowest BCUT2D eigenvalue weighted by molar-refractivity contribution is -0.147. The van der Waals surface area contributed by atoms with Crippen LogP contribution in [0.25, 0.3) is 0 Å². The summed E-state index contributed by atoms with van der Waals surface area (Å²) in [5.41, 5.74) is 14.1. The van der Waals surface area contributed by atoms with Crippen LogP contribution in [0.3, 0.4) is 0 Å². The largest absolute Gasteiger partial charge is 0.481 e. The first-order chi connectivity index (χ1) is 10.5. The van der Waals surface area contributed by atoms with Crippen molar-refractivity contribution < 1.29 is 34.5 Å². The fourth-order valence-electron chi connectivity index (χ4n) is 1.31. The minimum Gasteiger partial charge on any atom is -0.481 e. The van der Waals surface area contributed by atoms with E-state index < -0.39 is 47.7 Å². The molecule has 132 valence electrons. The van der Waals surface area contributed by atoms with Gasteiger partial charge in [0.1, 0.15) is 6.04 Å². The molecule has 0 saturated heterocycles. The molecule has 0 aromatic heterocycles. The van der Waals surface area contributed by atoms with Gasteiger partial charge in [-0.15, -0.1) is 0 Å². The first kappa shape index (κ1) is 21.7. The molecule has 3 atom stereocenters. The molecule has 12 heteroatoms. The molecule has 0 amide bonds. The van der Waals surface area contributed by atoms with Crippen molar-refractivity contribution in [2.75, 3.05) is 11.5 Å². The second-order valence-electron chi connectivity index (χ2n) is 4.67. The van der Waals surface area contributed by atoms with Gasteiger partial charge in [0.2, 0.25) is 0 Å². The average Bonchev–Trinajstić information content (AvgIpc) is 2.47. The number of carbonyl (C=O) groups is 4. The first-order valence-corrected chi connectivity index (χ1v) is 8.78. The smallest absolute Gasteiger partial charge is 0.332 e. The molecular formula is C11H19N3O7S2. The van der Waals surface area contributed by atoms with Gasteiger partial charge in [-0.05, 0) is 6.42 Å².